The van der Waals surface area contributed by atoms with Crippen LogP contribution in [-0.4, -0.2) is 46.9 Å². The maximum Gasteiger partial charge on any atom is 0.322 e. The maximum atomic E-state index is 12.9. The van der Waals surface area contributed by atoms with E-state index in [0.29, 0.717) is 13.1 Å². The Morgan fingerprint density at radius 3 is 2.45 bits per heavy atom. The number of hydrogen-bond acceptors (Lipinski definition) is 3. The van der Waals surface area contributed by atoms with E-state index in [0.717, 1.165) is 46.6 Å². The number of nitrogens with zero attached hydrogens (tertiary/aromatic N) is 4. The number of aromatic nitrogens is 2. The van der Waals surface area contributed by atoms with Crippen molar-refractivity contribution < 1.29 is 4.79 Å². The molecule has 0 unspecified atom stereocenters. The smallest absolute Gasteiger partial charge is 0.322 e. The second-order valence-corrected chi connectivity index (χ2v) is 7.68. The summed E-state index contributed by atoms with van der Waals surface area (Å²) in [5.41, 5.74) is 4.68. The molecule has 6 nitrogen and oxygen atoms in total. The van der Waals surface area contributed by atoms with Gasteiger partial charge in [0.1, 0.15) is 0 Å². The minimum absolute atomic E-state index is 0.0928. The largest absolute Gasteiger partial charge is 0.368 e. The monoisotopic (exact) mass is 409 g/mol. The van der Waals surface area contributed by atoms with Crippen molar-refractivity contribution in [1.82, 2.24) is 14.7 Å². The van der Waals surface area contributed by atoms with Crippen molar-refractivity contribution in [2.24, 2.45) is 0 Å². The van der Waals surface area contributed by atoms with E-state index in [1.54, 1.807) is 0 Å². The number of carbonyl (C=O) groups is 1. The average Bonchev–Trinajstić information content (AvgIpc) is 3.06. The number of carbonyl (C=O) groups excluding carboxylic acids is 1. The predicted octanol–water partition coefficient (Wildman–Crippen LogP) is 4.50. The van der Waals surface area contributed by atoms with E-state index in [1.165, 1.54) is 0 Å². The third kappa shape index (κ3) is 4.22. The van der Waals surface area contributed by atoms with Gasteiger partial charge in [-0.15, -0.1) is 0 Å². The summed E-state index contributed by atoms with van der Waals surface area (Å²) in [6.45, 7) is 6.82. The molecule has 0 spiro atoms. The SMILES string of the molecule is Cc1cc(C)n(-c2ccccc2NC(=O)N2CCN(c3cccc(Cl)c3)CC2)n1. The first-order valence-electron chi connectivity index (χ1n) is 9.70. The molecule has 1 aliphatic rings. The zero-order valence-electron chi connectivity index (χ0n) is 16.6. The fourth-order valence-electron chi connectivity index (χ4n) is 3.67. The number of halogens is 1. The van der Waals surface area contributed by atoms with Crippen LogP contribution in [0.25, 0.3) is 5.69 Å². The molecule has 1 saturated heterocycles. The Kier molecular flexibility index (Phi) is 5.45. The van der Waals surface area contributed by atoms with Gasteiger partial charge in [0.15, 0.2) is 0 Å². The summed E-state index contributed by atoms with van der Waals surface area (Å²) in [6.07, 6.45) is 0. The van der Waals surface area contributed by atoms with Crippen molar-refractivity contribution in [2.45, 2.75) is 13.8 Å². The highest BCUT2D eigenvalue weighted by Gasteiger charge is 2.22. The van der Waals surface area contributed by atoms with Crippen LogP contribution < -0.4 is 10.2 Å². The molecule has 1 N–H and O–H groups in total. The quantitative estimate of drug-likeness (QED) is 0.693. The molecule has 150 valence electrons. The molecule has 0 radical (unpaired) electrons. The minimum Gasteiger partial charge on any atom is -0.368 e. The Bertz CT molecular complexity index is 1020. The Balaban J connectivity index is 1.44. The van der Waals surface area contributed by atoms with Crippen LogP contribution in [0.4, 0.5) is 16.2 Å². The lowest BCUT2D eigenvalue weighted by Gasteiger charge is -2.36. The first kappa shape index (κ1) is 19.3. The molecule has 0 atom stereocenters. The molecule has 4 rings (SSSR count). The number of benzene rings is 2. The van der Waals surface area contributed by atoms with Crippen LogP contribution >= 0.6 is 11.6 Å². The number of hydrogen-bond donors (Lipinski definition) is 1. The number of amides is 2. The minimum atomic E-state index is -0.0928. The van der Waals surface area contributed by atoms with Crippen molar-refractivity contribution in [3.8, 4) is 5.69 Å². The van der Waals surface area contributed by atoms with Crippen molar-refractivity contribution >= 4 is 29.0 Å². The number of anilines is 2. The molecule has 3 aromatic rings. The Hall–Kier alpha value is -2.99. The number of urea groups is 1. The lowest BCUT2D eigenvalue weighted by Crippen LogP contribution is -2.50. The Morgan fingerprint density at radius 2 is 1.76 bits per heavy atom. The van der Waals surface area contributed by atoms with Crippen LogP contribution in [0.15, 0.2) is 54.6 Å². The van der Waals surface area contributed by atoms with Crippen molar-refractivity contribution in [1.29, 1.82) is 0 Å². The molecule has 0 aliphatic carbocycles. The maximum absolute atomic E-state index is 12.9. The summed E-state index contributed by atoms with van der Waals surface area (Å²) in [6, 6.07) is 17.5. The number of rotatable bonds is 3. The average molecular weight is 410 g/mol. The normalized spacial score (nSPS) is 14.2. The van der Waals surface area contributed by atoms with Gasteiger partial charge in [-0.05, 0) is 50.2 Å². The topological polar surface area (TPSA) is 53.4 Å². The predicted molar refractivity (Wildman–Crippen MR) is 117 cm³/mol. The van der Waals surface area contributed by atoms with E-state index in [9.17, 15) is 4.79 Å². The molecule has 1 fully saturated rings. The van der Waals surface area contributed by atoms with Gasteiger partial charge in [0.05, 0.1) is 17.1 Å². The van der Waals surface area contributed by atoms with E-state index in [4.69, 9.17) is 11.6 Å². The molecule has 2 aromatic carbocycles. The summed E-state index contributed by atoms with van der Waals surface area (Å²) in [7, 11) is 0. The van der Waals surface area contributed by atoms with Gasteiger partial charge in [-0.2, -0.15) is 5.10 Å². The highest BCUT2D eigenvalue weighted by Crippen LogP contribution is 2.23. The fraction of sp³-hybridized carbons (Fsp3) is 0.273. The molecular weight excluding hydrogens is 386 g/mol. The van der Waals surface area contributed by atoms with Crippen molar-refractivity contribution in [2.75, 3.05) is 36.4 Å². The highest BCUT2D eigenvalue weighted by molar-refractivity contribution is 6.30. The standard InChI is InChI=1S/C22H24ClN5O/c1-16-14-17(2)28(25-16)21-9-4-3-8-20(21)24-22(29)27-12-10-26(11-13-27)19-7-5-6-18(23)15-19/h3-9,14-15H,10-13H2,1-2H3,(H,24,29). The number of piperazine rings is 1. The van der Waals surface area contributed by atoms with Crippen LogP contribution in [-0.2, 0) is 0 Å². The number of nitrogens with one attached hydrogen (secondary N) is 1. The molecule has 0 saturated carbocycles. The first-order valence-corrected chi connectivity index (χ1v) is 10.1. The summed E-state index contributed by atoms with van der Waals surface area (Å²) >= 11 is 6.10. The van der Waals surface area contributed by atoms with E-state index in [1.807, 2.05) is 78.0 Å². The molecule has 1 aromatic heterocycles. The van der Waals surface area contributed by atoms with Crippen LogP contribution in [0.1, 0.15) is 11.4 Å². The third-order valence-electron chi connectivity index (χ3n) is 5.12. The zero-order chi connectivity index (χ0) is 20.4. The number of para-hydroxylation sites is 2. The Labute approximate surface area is 175 Å². The van der Waals surface area contributed by atoms with Gasteiger partial charge in [-0.3, -0.25) is 0 Å². The lowest BCUT2D eigenvalue weighted by molar-refractivity contribution is 0.208. The van der Waals surface area contributed by atoms with Gasteiger partial charge in [0.2, 0.25) is 0 Å². The fourth-order valence-corrected chi connectivity index (χ4v) is 3.86. The van der Waals surface area contributed by atoms with Gasteiger partial charge < -0.3 is 15.1 Å². The van der Waals surface area contributed by atoms with E-state index in [2.05, 4.69) is 15.3 Å². The lowest BCUT2D eigenvalue weighted by atomic mass is 10.2. The van der Waals surface area contributed by atoms with Crippen LogP contribution in [0.5, 0.6) is 0 Å². The summed E-state index contributed by atoms with van der Waals surface area (Å²) < 4.78 is 1.86. The Morgan fingerprint density at radius 1 is 1.00 bits per heavy atom. The van der Waals surface area contributed by atoms with Gasteiger partial charge >= 0.3 is 6.03 Å². The van der Waals surface area contributed by atoms with Crippen LogP contribution in [0, 0.1) is 13.8 Å². The van der Waals surface area contributed by atoms with Gasteiger partial charge in [-0.25, -0.2) is 9.48 Å². The second kappa shape index (κ2) is 8.17. The van der Waals surface area contributed by atoms with E-state index in [-0.39, 0.29) is 6.03 Å². The first-order chi connectivity index (χ1) is 14.0. The molecule has 1 aliphatic heterocycles. The van der Waals surface area contributed by atoms with Gasteiger partial charge in [0.25, 0.3) is 0 Å². The van der Waals surface area contributed by atoms with Crippen LogP contribution in [0.3, 0.4) is 0 Å². The number of aryl methyl sites for hydroxylation is 2. The molecule has 29 heavy (non-hydrogen) atoms. The van der Waals surface area contributed by atoms with Gasteiger partial charge in [0, 0.05) is 42.6 Å². The van der Waals surface area contributed by atoms with Gasteiger partial charge in [-0.1, -0.05) is 29.8 Å². The molecule has 0 bridgehead atoms. The molecule has 7 heteroatoms. The van der Waals surface area contributed by atoms with Crippen molar-refractivity contribution in [3.63, 3.8) is 0 Å². The summed E-state index contributed by atoms with van der Waals surface area (Å²) in [5, 5.41) is 8.34. The van der Waals surface area contributed by atoms with E-state index < -0.39 is 0 Å². The summed E-state index contributed by atoms with van der Waals surface area (Å²) in [4.78, 5) is 17.0. The van der Waals surface area contributed by atoms with Crippen molar-refractivity contribution in [3.05, 3.63) is 71.0 Å². The second-order valence-electron chi connectivity index (χ2n) is 7.24. The highest BCUT2D eigenvalue weighted by atomic mass is 35.5. The van der Waals surface area contributed by atoms with Crippen LogP contribution in [0.2, 0.25) is 5.02 Å². The molecular formula is C22H24ClN5O. The summed E-state index contributed by atoms with van der Waals surface area (Å²) in [5.74, 6) is 0. The molecule has 2 heterocycles. The van der Waals surface area contributed by atoms with E-state index >= 15 is 0 Å². The third-order valence-corrected chi connectivity index (χ3v) is 5.36. The molecule has 2 amide bonds. The zero-order valence-corrected chi connectivity index (χ0v) is 17.4.